The molecule has 8 heteroatoms. The van der Waals surface area contributed by atoms with E-state index in [0.717, 1.165) is 6.42 Å². The normalized spacial score (nSPS) is 10.4. The lowest BCUT2D eigenvalue weighted by atomic mass is 10.2. The summed E-state index contributed by atoms with van der Waals surface area (Å²) in [4.78, 5) is 26.4. The Morgan fingerprint density at radius 3 is 2.43 bits per heavy atom. The summed E-state index contributed by atoms with van der Waals surface area (Å²) in [5, 5.41) is 15.2. The molecule has 0 spiro atoms. The predicted octanol–water partition coefficient (Wildman–Crippen LogP) is 4.15. The predicted molar refractivity (Wildman–Crippen MR) is 112 cm³/mol. The molecule has 28 heavy (non-hydrogen) atoms. The molecule has 0 saturated carbocycles. The zero-order chi connectivity index (χ0) is 20.5. The molecule has 2 aromatic carbocycles. The summed E-state index contributed by atoms with van der Waals surface area (Å²) in [7, 11) is 0. The first-order valence-electron chi connectivity index (χ1n) is 8.68. The number of nitrogens with zero attached hydrogens (tertiary/aromatic N) is 2. The van der Waals surface area contributed by atoms with E-state index in [1.165, 1.54) is 0 Å². The topological polar surface area (TPSA) is 85.2 Å². The van der Waals surface area contributed by atoms with Crippen molar-refractivity contribution in [2.45, 2.75) is 13.3 Å². The van der Waals surface area contributed by atoms with Gasteiger partial charge in [0.15, 0.2) is 0 Å². The van der Waals surface area contributed by atoms with E-state index in [9.17, 15) is 9.59 Å². The Balaban J connectivity index is 1.95. The third-order valence-electron chi connectivity index (χ3n) is 3.75. The Kier molecular flexibility index (Phi) is 8.27. The molecule has 0 aliphatic carbocycles. The summed E-state index contributed by atoms with van der Waals surface area (Å²) < 4.78 is 0. The monoisotopic (exact) mass is 418 g/mol. The minimum Gasteiger partial charge on any atom is -0.325 e. The molecular weight excluding hydrogens is 399 g/mol. The lowest BCUT2D eigenvalue weighted by Gasteiger charge is -2.21. The molecule has 0 aliphatic heterocycles. The van der Waals surface area contributed by atoms with Gasteiger partial charge in [-0.15, -0.1) is 0 Å². The van der Waals surface area contributed by atoms with Crippen molar-refractivity contribution in [2.75, 3.05) is 30.3 Å². The third-order valence-corrected chi connectivity index (χ3v) is 4.30. The average molecular weight is 419 g/mol. The Labute approximate surface area is 174 Å². The molecule has 0 fully saturated rings. The van der Waals surface area contributed by atoms with Gasteiger partial charge in [-0.3, -0.25) is 14.5 Å². The second kappa shape index (κ2) is 10.7. The molecule has 0 atom stereocenters. The van der Waals surface area contributed by atoms with Crippen molar-refractivity contribution in [2.24, 2.45) is 0 Å². The summed E-state index contributed by atoms with van der Waals surface area (Å²) in [6.07, 6.45) is 0.784. The van der Waals surface area contributed by atoms with E-state index in [1.54, 1.807) is 47.4 Å². The van der Waals surface area contributed by atoms with Crippen LogP contribution in [0.3, 0.4) is 0 Å². The first kappa shape index (κ1) is 21.7. The zero-order valence-corrected chi connectivity index (χ0v) is 16.8. The quantitative estimate of drug-likeness (QED) is 0.673. The Bertz CT molecular complexity index is 896. The van der Waals surface area contributed by atoms with Crippen LogP contribution in [0.1, 0.15) is 18.9 Å². The van der Waals surface area contributed by atoms with Crippen LogP contribution in [0.5, 0.6) is 0 Å². The molecular formula is C20H20Cl2N4O2. The maximum absolute atomic E-state index is 12.3. The van der Waals surface area contributed by atoms with Crippen molar-refractivity contribution in [3.8, 4) is 6.07 Å². The van der Waals surface area contributed by atoms with Gasteiger partial charge in [-0.2, -0.15) is 5.26 Å². The second-order valence-corrected chi connectivity index (χ2v) is 6.97. The zero-order valence-electron chi connectivity index (χ0n) is 15.3. The van der Waals surface area contributed by atoms with Gasteiger partial charge in [0.25, 0.3) is 0 Å². The number of amides is 2. The molecule has 0 aromatic heterocycles. The van der Waals surface area contributed by atoms with Gasteiger partial charge in [0.2, 0.25) is 11.8 Å². The minimum absolute atomic E-state index is 0.0401. The standard InChI is InChI=1S/C20H20Cl2N4O2/c1-2-8-26(12-19(27)24-16-5-3-4-14(9-16)11-23)13-20(28)25-18-7-6-15(21)10-17(18)22/h3-7,9-10H,2,8,12-13H2,1H3,(H,24,27)(H,25,28). The molecule has 0 radical (unpaired) electrons. The molecule has 0 saturated heterocycles. The average Bonchev–Trinajstić information content (AvgIpc) is 2.64. The highest BCUT2D eigenvalue weighted by molar-refractivity contribution is 6.36. The van der Waals surface area contributed by atoms with E-state index < -0.39 is 0 Å². The maximum atomic E-state index is 12.3. The van der Waals surface area contributed by atoms with Crippen molar-refractivity contribution >= 4 is 46.4 Å². The highest BCUT2D eigenvalue weighted by Crippen LogP contribution is 2.25. The summed E-state index contributed by atoms with van der Waals surface area (Å²) in [5.74, 6) is -0.544. The van der Waals surface area contributed by atoms with E-state index in [0.29, 0.717) is 33.5 Å². The van der Waals surface area contributed by atoms with Gasteiger partial charge in [0.05, 0.1) is 35.4 Å². The van der Waals surface area contributed by atoms with E-state index in [4.69, 9.17) is 28.5 Å². The van der Waals surface area contributed by atoms with Crippen LogP contribution in [0.2, 0.25) is 10.0 Å². The molecule has 0 unspecified atom stereocenters. The molecule has 2 rings (SSSR count). The summed E-state index contributed by atoms with van der Waals surface area (Å²) in [5.41, 5.74) is 1.46. The lowest BCUT2D eigenvalue weighted by molar-refractivity contribution is -0.120. The number of nitrogens with one attached hydrogen (secondary N) is 2. The van der Waals surface area contributed by atoms with Gasteiger partial charge in [0.1, 0.15) is 0 Å². The van der Waals surface area contributed by atoms with Gasteiger partial charge in [0, 0.05) is 10.7 Å². The van der Waals surface area contributed by atoms with Gasteiger partial charge in [-0.25, -0.2) is 0 Å². The van der Waals surface area contributed by atoms with Crippen molar-refractivity contribution < 1.29 is 9.59 Å². The second-order valence-electron chi connectivity index (χ2n) is 6.12. The van der Waals surface area contributed by atoms with Gasteiger partial charge >= 0.3 is 0 Å². The van der Waals surface area contributed by atoms with Crippen LogP contribution in [0.15, 0.2) is 42.5 Å². The Morgan fingerprint density at radius 1 is 1.07 bits per heavy atom. The number of anilines is 2. The molecule has 146 valence electrons. The Hall–Kier alpha value is -2.59. The number of nitriles is 1. The van der Waals surface area contributed by atoms with Crippen LogP contribution >= 0.6 is 23.2 Å². The number of hydrogen-bond acceptors (Lipinski definition) is 4. The molecule has 6 nitrogen and oxygen atoms in total. The highest BCUT2D eigenvalue weighted by atomic mass is 35.5. The summed E-state index contributed by atoms with van der Waals surface area (Å²) in [6, 6.07) is 13.5. The van der Waals surface area contributed by atoms with Crippen LogP contribution in [0.4, 0.5) is 11.4 Å². The number of halogens is 2. The third kappa shape index (κ3) is 6.86. The number of benzene rings is 2. The largest absolute Gasteiger partial charge is 0.325 e. The molecule has 0 bridgehead atoms. The lowest BCUT2D eigenvalue weighted by Crippen LogP contribution is -2.39. The summed E-state index contributed by atoms with van der Waals surface area (Å²) >= 11 is 11.9. The summed E-state index contributed by atoms with van der Waals surface area (Å²) in [6.45, 7) is 2.63. The molecule has 0 heterocycles. The van der Waals surface area contributed by atoms with Gasteiger partial charge < -0.3 is 10.6 Å². The fraction of sp³-hybridized carbons (Fsp3) is 0.250. The van der Waals surface area contributed by atoms with Crippen LogP contribution in [0.25, 0.3) is 0 Å². The fourth-order valence-corrected chi connectivity index (χ4v) is 3.04. The number of rotatable bonds is 8. The SMILES string of the molecule is CCCN(CC(=O)Nc1cccc(C#N)c1)CC(=O)Nc1ccc(Cl)cc1Cl. The number of carbonyl (C=O) groups excluding carboxylic acids is 2. The Morgan fingerprint density at radius 2 is 1.79 bits per heavy atom. The number of hydrogen-bond donors (Lipinski definition) is 2. The van der Waals surface area contributed by atoms with E-state index in [-0.39, 0.29) is 24.9 Å². The molecule has 0 aliphatic rings. The molecule has 2 aromatic rings. The first-order valence-corrected chi connectivity index (χ1v) is 9.44. The van der Waals surface area contributed by atoms with Crippen LogP contribution < -0.4 is 10.6 Å². The molecule has 2 amide bonds. The minimum atomic E-state index is -0.281. The number of carbonyl (C=O) groups is 2. The molecule has 2 N–H and O–H groups in total. The van der Waals surface area contributed by atoms with Crippen molar-refractivity contribution in [1.82, 2.24) is 4.90 Å². The van der Waals surface area contributed by atoms with E-state index >= 15 is 0 Å². The van der Waals surface area contributed by atoms with Crippen molar-refractivity contribution in [3.63, 3.8) is 0 Å². The van der Waals surface area contributed by atoms with E-state index in [2.05, 4.69) is 10.6 Å². The van der Waals surface area contributed by atoms with Crippen LogP contribution in [0, 0.1) is 11.3 Å². The van der Waals surface area contributed by atoms with Crippen molar-refractivity contribution in [3.05, 3.63) is 58.1 Å². The van der Waals surface area contributed by atoms with Crippen LogP contribution in [-0.4, -0.2) is 36.3 Å². The van der Waals surface area contributed by atoms with Gasteiger partial charge in [-0.1, -0.05) is 36.2 Å². The smallest absolute Gasteiger partial charge is 0.238 e. The van der Waals surface area contributed by atoms with Crippen LogP contribution in [-0.2, 0) is 9.59 Å². The van der Waals surface area contributed by atoms with Gasteiger partial charge in [-0.05, 0) is 49.4 Å². The fourth-order valence-electron chi connectivity index (χ4n) is 2.58. The van der Waals surface area contributed by atoms with Crippen molar-refractivity contribution in [1.29, 1.82) is 5.26 Å². The highest BCUT2D eigenvalue weighted by Gasteiger charge is 2.15. The van der Waals surface area contributed by atoms with E-state index in [1.807, 2.05) is 13.0 Å². The first-order chi connectivity index (χ1) is 13.4. The maximum Gasteiger partial charge on any atom is 0.238 e.